The third-order valence-electron chi connectivity index (χ3n) is 3.25. The van der Waals surface area contributed by atoms with Gasteiger partial charge in [-0.15, -0.1) is 24.8 Å². The number of fused-ring (bicyclic) bond motifs is 1. The van der Waals surface area contributed by atoms with E-state index < -0.39 is 0 Å². The molecule has 0 unspecified atom stereocenters. The van der Waals surface area contributed by atoms with E-state index in [1.807, 2.05) is 24.6 Å². The smallest absolute Gasteiger partial charge is 0.252 e. The molecule has 0 spiro atoms. The van der Waals surface area contributed by atoms with Crippen LogP contribution >= 0.6 is 24.8 Å². The molecule has 0 aliphatic heterocycles. The fourth-order valence-corrected chi connectivity index (χ4v) is 2.11. The van der Waals surface area contributed by atoms with Gasteiger partial charge in [-0.3, -0.25) is 4.79 Å². The van der Waals surface area contributed by atoms with Crippen molar-refractivity contribution in [2.45, 2.75) is 19.9 Å². The van der Waals surface area contributed by atoms with Crippen molar-refractivity contribution in [3.05, 3.63) is 24.0 Å². The van der Waals surface area contributed by atoms with Crippen molar-refractivity contribution in [2.24, 2.45) is 0 Å². The highest BCUT2D eigenvalue weighted by atomic mass is 35.5. The second kappa shape index (κ2) is 11.2. The van der Waals surface area contributed by atoms with Crippen molar-refractivity contribution in [1.29, 1.82) is 0 Å². The lowest BCUT2D eigenvalue weighted by molar-refractivity contribution is 0.0953. The molecule has 9 heteroatoms. The molecule has 7 nitrogen and oxygen atoms in total. The Balaban J connectivity index is 0.00000264. The van der Waals surface area contributed by atoms with Crippen LogP contribution in [-0.2, 0) is 4.74 Å². The molecule has 0 atom stereocenters. The minimum Gasteiger partial charge on any atom is -0.383 e. The van der Waals surface area contributed by atoms with Crippen LogP contribution in [0.5, 0.6) is 0 Å². The molecule has 0 aliphatic rings. The first kappa shape index (κ1) is 22.6. The average molecular weight is 378 g/mol. The molecule has 0 bridgehead atoms. The average Bonchev–Trinajstić information content (AvgIpc) is 2.93. The van der Waals surface area contributed by atoms with Crippen molar-refractivity contribution in [3.63, 3.8) is 0 Å². The quantitative estimate of drug-likeness (QED) is 0.685. The summed E-state index contributed by atoms with van der Waals surface area (Å²) >= 11 is 0. The molecule has 0 fully saturated rings. The summed E-state index contributed by atoms with van der Waals surface area (Å²) in [6.07, 6.45) is 3.34. The van der Waals surface area contributed by atoms with E-state index in [2.05, 4.69) is 20.7 Å². The lowest BCUT2D eigenvalue weighted by Crippen LogP contribution is -2.33. The fourth-order valence-electron chi connectivity index (χ4n) is 2.11. The van der Waals surface area contributed by atoms with Crippen molar-refractivity contribution >= 4 is 41.8 Å². The van der Waals surface area contributed by atoms with Crippen LogP contribution in [0.3, 0.4) is 0 Å². The molecule has 2 aromatic heterocycles. The van der Waals surface area contributed by atoms with Crippen LogP contribution in [0.25, 0.3) is 11.0 Å². The number of nitrogens with one attached hydrogen (secondary N) is 2. The number of amides is 1. The zero-order valence-electron chi connectivity index (χ0n) is 14.1. The molecule has 0 aliphatic carbocycles. The first-order valence-electron chi connectivity index (χ1n) is 7.44. The molecule has 0 saturated heterocycles. The van der Waals surface area contributed by atoms with E-state index in [-0.39, 0.29) is 36.8 Å². The second-order valence-corrected chi connectivity index (χ2v) is 5.32. The van der Waals surface area contributed by atoms with Gasteiger partial charge in [0, 0.05) is 44.4 Å². The first-order chi connectivity index (χ1) is 10.6. The summed E-state index contributed by atoms with van der Waals surface area (Å²) in [5.74, 6) is -0.125. The number of methoxy groups -OCH3 is 1. The maximum Gasteiger partial charge on any atom is 0.252 e. The summed E-state index contributed by atoms with van der Waals surface area (Å²) < 4.78 is 6.78. The van der Waals surface area contributed by atoms with Crippen LogP contribution in [0.15, 0.2) is 18.5 Å². The van der Waals surface area contributed by atoms with Gasteiger partial charge < -0.3 is 15.4 Å². The Morgan fingerprint density at radius 2 is 2.00 bits per heavy atom. The van der Waals surface area contributed by atoms with E-state index in [0.717, 1.165) is 17.6 Å². The fraction of sp³-hybridized carbons (Fsp3) is 0.533. The number of rotatable bonds is 8. The van der Waals surface area contributed by atoms with E-state index in [9.17, 15) is 4.79 Å². The highest BCUT2D eigenvalue weighted by molar-refractivity contribution is 5.96. The standard InChI is InChI=1S/C15H23N5O2.2ClH/c1-11(2)20-14-12(10-19-20)8-13(9-18-14)15(21)17-5-4-16-6-7-22-3;;/h8-11,16H,4-7H2,1-3H3,(H,17,21);2*1H. The van der Waals surface area contributed by atoms with Crippen LogP contribution in [0.1, 0.15) is 30.2 Å². The highest BCUT2D eigenvalue weighted by Crippen LogP contribution is 2.16. The number of aromatic nitrogens is 3. The first-order valence-corrected chi connectivity index (χ1v) is 7.44. The Labute approximate surface area is 154 Å². The van der Waals surface area contributed by atoms with Gasteiger partial charge >= 0.3 is 0 Å². The maximum atomic E-state index is 12.1. The molecule has 136 valence electrons. The zero-order valence-corrected chi connectivity index (χ0v) is 15.7. The van der Waals surface area contributed by atoms with Crippen LogP contribution in [0.4, 0.5) is 0 Å². The Kier molecular flexibility index (Phi) is 10.5. The molecule has 2 heterocycles. The summed E-state index contributed by atoms with van der Waals surface area (Å²) in [5, 5.41) is 11.2. The molecular weight excluding hydrogens is 353 g/mol. The summed E-state index contributed by atoms with van der Waals surface area (Å²) in [6.45, 7) is 6.79. The predicted octanol–water partition coefficient (Wildman–Crippen LogP) is 1.82. The third kappa shape index (κ3) is 5.90. The van der Waals surface area contributed by atoms with Crippen molar-refractivity contribution in [1.82, 2.24) is 25.4 Å². The lowest BCUT2D eigenvalue weighted by Gasteiger charge is -2.08. The number of carbonyl (C=O) groups excluding carboxylic acids is 1. The molecule has 0 aromatic carbocycles. The molecule has 2 N–H and O–H groups in total. The molecule has 2 aromatic rings. The number of hydrogen-bond donors (Lipinski definition) is 2. The van der Waals surface area contributed by atoms with E-state index in [1.165, 1.54) is 0 Å². The molecule has 24 heavy (non-hydrogen) atoms. The topological polar surface area (TPSA) is 81.1 Å². The van der Waals surface area contributed by atoms with Gasteiger partial charge in [-0.05, 0) is 19.9 Å². The van der Waals surface area contributed by atoms with E-state index in [1.54, 1.807) is 19.5 Å². The van der Waals surface area contributed by atoms with Gasteiger partial charge in [0.2, 0.25) is 0 Å². The maximum absolute atomic E-state index is 12.1. The zero-order chi connectivity index (χ0) is 15.9. The molecule has 0 saturated carbocycles. The Morgan fingerprint density at radius 3 is 2.67 bits per heavy atom. The van der Waals surface area contributed by atoms with Gasteiger partial charge in [0.1, 0.15) is 0 Å². The van der Waals surface area contributed by atoms with E-state index in [0.29, 0.717) is 25.3 Å². The number of hydrogen-bond acceptors (Lipinski definition) is 5. The van der Waals surface area contributed by atoms with Crippen molar-refractivity contribution < 1.29 is 9.53 Å². The normalized spacial score (nSPS) is 10.3. The summed E-state index contributed by atoms with van der Waals surface area (Å²) in [7, 11) is 1.66. The molecular formula is C15H25Cl2N5O2. The highest BCUT2D eigenvalue weighted by Gasteiger charge is 2.11. The number of halogens is 2. The lowest BCUT2D eigenvalue weighted by atomic mass is 10.2. The predicted molar refractivity (Wildman–Crippen MR) is 99.5 cm³/mol. The van der Waals surface area contributed by atoms with Gasteiger partial charge in [-0.2, -0.15) is 5.10 Å². The third-order valence-corrected chi connectivity index (χ3v) is 3.25. The van der Waals surface area contributed by atoms with Crippen LogP contribution in [0.2, 0.25) is 0 Å². The number of nitrogens with zero attached hydrogens (tertiary/aromatic N) is 3. The summed E-state index contributed by atoms with van der Waals surface area (Å²) in [6, 6.07) is 2.06. The van der Waals surface area contributed by atoms with Crippen molar-refractivity contribution in [2.75, 3.05) is 33.4 Å². The second-order valence-electron chi connectivity index (χ2n) is 5.32. The summed E-state index contributed by atoms with van der Waals surface area (Å²) in [5.41, 5.74) is 1.35. The number of ether oxygens (including phenoxy) is 1. The minimum atomic E-state index is -0.125. The van der Waals surface area contributed by atoms with Gasteiger partial charge in [0.25, 0.3) is 5.91 Å². The summed E-state index contributed by atoms with van der Waals surface area (Å²) in [4.78, 5) is 16.4. The Bertz CT molecular complexity index is 633. The Hall–Kier alpha value is -1.41. The number of pyridine rings is 1. The van der Waals surface area contributed by atoms with Gasteiger partial charge in [0.15, 0.2) is 5.65 Å². The van der Waals surface area contributed by atoms with Crippen molar-refractivity contribution in [3.8, 4) is 0 Å². The monoisotopic (exact) mass is 377 g/mol. The van der Waals surface area contributed by atoms with Crippen LogP contribution < -0.4 is 10.6 Å². The van der Waals surface area contributed by atoms with Gasteiger partial charge in [-0.1, -0.05) is 0 Å². The minimum absolute atomic E-state index is 0. The SMILES string of the molecule is COCCNCCNC(=O)c1cnc2c(cnn2C(C)C)c1.Cl.Cl. The van der Waals surface area contributed by atoms with E-state index in [4.69, 9.17) is 4.74 Å². The van der Waals surface area contributed by atoms with Gasteiger partial charge in [-0.25, -0.2) is 9.67 Å². The molecule has 2 rings (SSSR count). The van der Waals surface area contributed by atoms with Crippen LogP contribution in [0, 0.1) is 0 Å². The molecule has 0 radical (unpaired) electrons. The molecule has 1 amide bonds. The van der Waals surface area contributed by atoms with Crippen LogP contribution in [-0.4, -0.2) is 54.0 Å². The largest absolute Gasteiger partial charge is 0.383 e. The number of carbonyl (C=O) groups is 1. The van der Waals surface area contributed by atoms with Gasteiger partial charge in [0.05, 0.1) is 18.4 Å². The Morgan fingerprint density at radius 1 is 1.25 bits per heavy atom. The van der Waals surface area contributed by atoms with E-state index >= 15 is 0 Å².